The monoisotopic (exact) mass is 238 g/mol. The van der Waals surface area contributed by atoms with Crippen LogP contribution < -0.4 is 0 Å². The summed E-state index contributed by atoms with van der Waals surface area (Å²) in [5, 5.41) is 0.991. The van der Waals surface area contributed by atoms with Gasteiger partial charge >= 0.3 is 0 Å². The van der Waals surface area contributed by atoms with Gasteiger partial charge in [-0.2, -0.15) is 0 Å². The first kappa shape index (κ1) is 13.0. The lowest BCUT2D eigenvalue weighted by Crippen LogP contribution is -2.15. The van der Waals surface area contributed by atoms with E-state index in [-0.39, 0.29) is 5.41 Å². The van der Waals surface area contributed by atoms with Gasteiger partial charge in [0, 0.05) is 5.41 Å². The van der Waals surface area contributed by atoms with Crippen molar-refractivity contribution >= 4 is 9.84 Å². The van der Waals surface area contributed by atoms with Crippen LogP contribution in [0.2, 0.25) is 0 Å². The second-order valence-corrected chi connectivity index (χ2v) is 6.37. The van der Waals surface area contributed by atoms with E-state index in [0.29, 0.717) is 4.90 Å². The first-order valence-corrected chi connectivity index (χ1v) is 6.86. The van der Waals surface area contributed by atoms with E-state index in [1.165, 1.54) is 0 Å². The van der Waals surface area contributed by atoms with Crippen LogP contribution in [0, 0.1) is 0 Å². The Kier molecular flexibility index (Phi) is 3.58. The molecule has 0 radical (unpaired) electrons. The molecule has 1 aromatic rings. The molecular weight excluding hydrogens is 220 g/mol. The zero-order valence-corrected chi connectivity index (χ0v) is 10.8. The van der Waals surface area contributed by atoms with Crippen molar-refractivity contribution in [3.05, 3.63) is 41.8 Å². The number of rotatable bonds is 4. The fraction of sp³-hybridized carbons (Fsp3) is 0.385. The van der Waals surface area contributed by atoms with E-state index in [1.807, 2.05) is 6.07 Å². The smallest absolute Gasteiger partial charge is 0.199 e. The van der Waals surface area contributed by atoms with E-state index >= 15 is 0 Å². The van der Waals surface area contributed by atoms with E-state index in [9.17, 15) is 8.42 Å². The maximum absolute atomic E-state index is 11.7. The third-order valence-electron chi connectivity index (χ3n) is 3.05. The molecule has 1 aromatic carbocycles. The fourth-order valence-electron chi connectivity index (χ4n) is 1.39. The van der Waals surface area contributed by atoms with Crippen LogP contribution in [0.3, 0.4) is 0 Å². The zero-order chi connectivity index (χ0) is 12.4. The van der Waals surface area contributed by atoms with Crippen molar-refractivity contribution in [3.63, 3.8) is 0 Å². The van der Waals surface area contributed by atoms with Crippen LogP contribution >= 0.6 is 0 Å². The molecular formula is C13H18O2S. The molecule has 0 fully saturated rings. The predicted octanol–water partition coefficient (Wildman–Crippen LogP) is 3.29. The molecule has 0 bridgehead atoms. The third-order valence-corrected chi connectivity index (χ3v) is 4.40. The van der Waals surface area contributed by atoms with Crippen LogP contribution in [-0.4, -0.2) is 8.42 Å². The number of sulfone groups is 1. The summed E-state index contributed by atoms with van der Waals surface area (Å²) in [5.74, 6) is 0. The molecule has 0 aliphatic heterocycles. The number of hydrogen-bond donors (Lipinski definition) is 0. The van der Waals surface area contributed by atoms with Gasteiger partial charge in [0.25, 0.3) is 0 Å². The van der Waals surface area contributed by atoms with E-state index in [0.717, 1.165) is 17.4 Å². The van der Waals surface area contributed by atoms with Crippen LogP contribution in [0.15, 0.2) is 41.1 Å². The van der Waals surface area contributed by atoms with Crippen molar-refractivity contribution in [3.8, 4) is 0 Å². The summed E-state index contributed by atoms with van der Waals surface area (Å²) >= 11 is 0. The van der Waals surface area contributed by atoms with E-state index in [2.05, 4.69) is 27.4 Å². The average Bonchev–Trinajstić information content (AvgIpc) is 2.29. The topological polar surface area (TPSA) is 34.1 Å². The number of benzene rings is 1. The van der Waals surface area contributed by atoms with Gasteiger partial charge in [0.2, 0.25) is 0 Å². The standard InChI is InChI=1S/C13H18O2S/c1-5-13(3,4)11-8-7-9-12(10-11)16(14,15)6-2/h6-10H,2,5H2,1,3-4H3. The molecule has 0 saturated heterocycles. The Hall–Kier alpha value is -1.09. The van der Waals surface area contributed by atoms with Crippen LogP contribution in [0.25, 0.3) is 0 Å². The van der Waals surface area contributed by atoms with Gasteiger partial charge < -0.3 is 0 Å². The van der Waals surface area contributed by atoms with Gasteiger partial charge in [0.1, 0.15) is 0 Å². The average molecular weight is 238 g/mol. The molecule has 0 heterocycles. The van der Waals surface area contributed by atoms with Crippen molar-refractivity contribution in [2.24, 2.45) is 0 Å². The fourth-order valence-corrected chi connectivity index (χ4v) is 2.15. The highest BCUT2D eigenvalue weighted by Crippen LogP contribution is 2.28. The molecule has 0 aromatic heterocycles. The minimum Gasteiger partial charge on any atom is -0.219 e. The summed E-state index contributed by atoms with van der Waals surface area (Å²) in [6.45, 7) is 9.63. The summed E-state index contributed by atoms with van der Waals surface area (Å²) in [4.78, 5) is 0.321. The Bertz CT molecular complexity index is 484. The van der Waals surface area contributed by atoms with E-state index in [1.54, 1.807) is 18.2 Å². The Morgan fingerprint density at radius 1 is 1.38 bits per heavy atom. The SMILES string of the molecule is C=CS(=O)(=O)c1cccc(C(C)(C)CC)c1. The Morgan fingerprint density at radius 2 is 2.00 bits per heavy atom. The van der Waals surface area contributed by atoms with Crippen molar-refractivity contribution < 1.29 is 8.42 Å². The summed E-state index contributed by atoms with van der Waals surface area (Å²) in [6.07, 6.45) is 0.963. The first-order chi connectivity index (χ1) is 7.33. The van der Waals surface area contributed by atoms with Crippen molar-refractivity contribution in [1.29, 1.82) is 0 Å². The first-order valence-electron chi connectivity index (χ1n) is 5.31. The quantitative estimate of drug-likeness (QED) is 0.806. The molecule has 0 N–H and O–H groups in total. The highest BCUT2D eigenvalue weighted by molar-refractivity contribution is 7.94. The Balaban J connectivity index is 3.30. The van der Waals surface area contributed by atoms with Crippen LogP contribution in [0.5, 0.6) is 0 Å². The molecule has 3 heteroatoms. The Morgan fingerprint density at radius 3 is 2.50 bits per heavy atom. The van der Waals surface area contributed by atoms with Gasteiger partial charge in [-0.1, -0.05) is 39.5 Å². The summed E-state index contributed by atoms with van der Waals surface area (Å²) in [7, 11) is -3.33. The Labute approximate surface area is 97.9 Å². The zero-order valence-electron chi connectivity index (χ0n) is 10.0. The molecule has 0 aliphatic carbocycles. The van der Waals surface area contributed by atoms with Crippen LogP contribution in [-0.2, 0) is 15.3 Å². The van der Waals surface area contributed by atoms with Gasteiger partial charge in [-0.05, 0) is 29.5 Å². The molecule has 88 valence electrons. The lowest BCUT2D eigenvalue weighted by molar-refractivity contribution is 0.505. The summed E-state index contributed by atoms with van der Waals surface area (Å²) < 4.78 is 23.3. The van der Waals surface area contributed by atoms with Gasteiger partial charge in [-0.3, -0.25) is 0 Å². The minimum absolute atomic E-state index is 0.00724. The molecule has 0 spiro atoms. The van der Waals surface area contributed by atoms with Crippen LogP contribution in [0.4, 0.5) is 0 Å². The maximum Gasteiger partial charge on any atom is 0.199 e. The van der Waals surface area contributed by atoms with Crippen molar-refractivity contribution in [2.75, 3.05) is 0 Å². The molecule has 0 unspecified atom stereocenters. The third kappa shape index (κ3) is 2.53. The second-order valence-electron chi connectivity index (χ2n) is 4.48. The number of hydrogen-bond acceptors (Lipinski definition) is 2. The predicted molar refractivity (Wildman–Crippen MR) is 67.1 cm³/mol. The highest BCUT2D eigenvalue weighted by Gasteiger charge is 2.20. The maximum atomic E-state index is 11.7. The van der Waals surface area contributed by atoms with Crippen molar-refractivity contribution in [2.45, 2.75) is 37.5 Å². The lowest BCUT2D eigenvalue weighted by atomic mass is 9.82. The van der Waals surface area contributed by atoms with E-state index in [4.69, 9.17) is 0 Å². The molecule has 16 heavy (non-hydrogen) atoms. The van der Waals surface area contributed by atoms with Gasteiger partial charge in [-0.15, -0.1) is 0 Å². The molecule has 1 rings (SSSR count). The van der Waals surface area contributed by atoms with Crippen LogP contribution in [0.1, 0.15) is 32.8 Å². The summed E-state index contributed by atoms with van der Waals surface area (Å²) in [5.41, 5.74) is 1.03. The van der Waals surface area contributed by atoms with Gasteiger partial charge in [0.05, 0.1) is 4.90 Å². The van der Waals surface area contributed by atoms with E-state index < -0.39 is 9.84 Å². The summed E-state index contributed by atoms with van der Waals surface area (Å²) in [6, 6.07) is 7.08. The van der Waals surface area contributed by atoms with Crippen molar-refractivity contribution in [1.82, 2.24) is 0 Å². The van der Waals surface area contributed by atoms with Gasteiger partial charge in [-0.25, -0.2) is 8.42 Å². The second kappa shape index (κ2) is 4.42. The minimum atomic E-state index is -3.33. The molecule has 0 atom stereocenters. The van der Waals surface area contributed by atoms with Gasteiger partial charge in [0.15, 0.2) is 9.84 Å². The molecule has 0 amide bonds. The normalized spacial score (nSPS) is 12.4. The molecule has 2 nitrogen and oxygen atoms in total. The molecule has 0 aliphatic rings. The highest BCUT2D eigenvalue weighted by atomic mass is 32.2. The largest absolute Gasteiger partial charge is 0.219 e. The lowest BCUT2D eigenvalue weighted by Gasteiger charge is -2.23. The molecule has 0 saturated carbocycles.